The van der Waals surface area contributed by atoms with Crippen LogP contribution in [-0.4, -0.2) is 17.9 Å². The molecule has 0 radical (unpaired) electrons. The average Bonchev–Trinajstić information content (AvgIpc) is 2.28. The number of nitrogens with two attached hydrogens (primary N) is 2. The molecule has 0 fully saturated rings. The molecular formula is C12H16BrN3O2. The molecule has 1 aromatic rings. The Hall–Kier alpha value is -1.56. The van der Waals surface area contributed by atoms with Crippen molar-refractivity contribution >= 4 is 33.4 Å². The van der Waals surface area contributed by atoms with E-state index in [-0.39, 0.29) is 11.8 Å². The Labute approximate surface area is 114 Å². The van der Waals surface area contributed by atoms with Gasteiger partial charge < -0.3 is 16.8 Å². The number of primary amides is 1. The summed E-state index contributed by atoms with van der Waals surface area (Å²) in [4.78, 5) is 23.2. The van der Waals surface area contributed by atoms with Crippen molar-refractivity contribution in [2.75, 3.05) is 5.73 Å². The van der Waals surface area contributed by atoms with Gasteiger partial charge in [0.1, 0.15) is 6.04 Å². The molecule has 0 saturated carbocycles. The van der Waals surface area contributed by atoms with E-state index >= 15 is 0 Å². The molecule has 18 heavy (non-hydrogen) atoms. The average molecular weight is 314 g/mol. The van der Waals surface area contributed by atoms with E-state index in [0.29, 0.717) is 15.7 Å². The lowest BCUT2D eigenvalue weighted by molar-refractivity contribution is -0.120. The van der Waals surface area contributed by atoms with Crippen molar-refractivity contribution in [3.05, 3.63) is 28.2 Å². The minimum atomic E-state index is -0.686. The Morgan fingerprint density at radius 1 is 1.33 bits per heavy atom. The lowest BCUT2D eigenvalue weighted by Crippen LogP contribution is -2.47. The van der Waals surface area contributed by atoms with Crippen LogP contribution in [0.25, 0.3) is 0 Å². The van der Waals surface area contributed by atoms with E-state index in [4.69, 9.17) is 11.5 Å². The van der Waals surface area contributed by atoms with E-state index in [1.807, 2.05) is 13.8 Å². The van der Waals surface area contributed by atoms with E-state index in [9.17, 15) is 9.59 Å². The normalized spacial score (nSPS) is 12.2. The van der Waals surface area contributed by atoms with Gasteiger partial charge in [-0.3, -0.25) is 9.59 Å². The van der Waals surface area contributed by atoms with Gasteiger partial charge in [-0.1, -0.05) is 13.8 Å². The molecule has 0 aromatic heterocycles. The Kier molecular flexibility index (Phi) is 4.72. The molecule has 0 heterocycles. The highest BCUT2D eigenvalue weighted by molar-refractivity contribution is 9.10. The first-order valence-electron chi connectivity index (χ1n) is 5.48. The van der Waals surface area contributed by atoms with Crippen molar-refractivity contribution in [2.24, 2.45) is 11.7 Å². The number of hydrogen-bond donors (Lipinski definition) is 3. The lowest BCUT2D eigenvalue weighted by Gasteiger charge is -2.19. The van der Waals surface area contributed by atoms with Gasteiger partial charge in [-0.25, -0.2) is 0 Å². The Balaban J connectivity index is 2.87. The number of rotatable bonds is 4. The number of nitrogens with one attached hydrogen (secondary N) is 1. The summed E-state index contributed by atoms with van der Waals surface area (Å²) in [7, 11) is 0. The number of hydrogen-bond acceptors (Lipinski definition) is 3. The lowest BCUT2D eigenvalue weighted by atomic mass is 10.0. The molecule has 5 nitrogen and oxygen atoms in total. The van der Waals surface area contributed by atoms with Crippen LogP contribution in [0.1, 0.15) is 24.2 Å². The first-order chi connectivity index (χ1) is 8.32. The van der Waals surface area contributed by atoms with Crippen molar-refractivity contribution in [3.8, 4) is 0 Å². The Morgan fingerprint density at radius 3 is 2.39 bits per heavy atom. The standard InChI is InChI=1S/C12H16BrN3O2/c1-6(2)10(11(15)17)16-12(18)7-3-4-9(14)8(13)5-7/h3-6,10H,14H2,1-2H3,(H2,15,17)(H,16,18). The van der Waals surface area contributed by atoms with E-state index in [0.717, 1.165) is 0 Å². The predicted molar refractivity (Wildman–Crippen MR) is 73.8 cm³/mol. The van der Waals surface area contributed by atoms with E-state index in [2.05, 4.69) is 21.2 Å². The zero-order valence-electron chi connectivity index (χ0n) is 10.2. The Bertz CT molecular complexity index is 474. The van der Waals surface area contributed by atoms with Crippen LogP contribution in [0.3, 0.4) is 0 Å². The fourth-order valence-corrected chi connectivity index (χ4v) is 1.84. The van der Waals surface area contributed by atoms with Crippen molar-refractivity contribution in [1.29, 1.82) is 0 Å². The van der Waals surface area contributed by atoms with Gasteiger partial charge in [0, 0.05) is 15.7 Å². The van der Waals surface area contributed by atoms with Gasteiger partial charge in [-0.05, 0) is 40.0 Å². The van der Waals surface area contributed by atoms with Gasteiger partial charge >= 0.3 is 0 Å². The maximum Gasteiger partial charge on any atom is 0.251 e. The molecule has 6 heteroatoms. The highest BCUT2D eigenvalue weighted by atomic mass is 79.9. The number of benzene rings is 1. The third kappa shape index (κ3) is 3.46. The number of carbonyl (C=O) groups is 2. The smallest absolute Gasteiger partial charge is 0.251 e. The van der Waals surface area contributed by atoms with Crippen molar-refractivity contribution in [2.45, 2.75) is 19.9 Å². The van der Waals surface area contributed by atoms with Crippen molar-refractivity contribution in [3.63, 3.8) is 0 Å². The number of nitrogen functional groups attached to an aromatic ring is 1. The second-order valence-corrected chi connectivity index (χ2v) is 5.19. The maximum absolute atomic E-state index is 11.9. The summed E-state index contributed by atoms with van der Waals surface area (Å²) in [5.41, 5.74) is 11.8. The number of anilines is 1. The van der Waals surface area contributed by atoms with Crippen molar-refractivity contribution in [1.82, 2.24) is 5.32 Å². The predicted octanol–water partition coefficient (Wildman–Crippen LogP) is 1.27. The van der Waals surface area contributed by atoms with Crippen LogP contribution in [0.4, 0.5) is 5.69 Å². The summed E-state index contributed by atoms with van der Waals surface area (Å²) >= 11 is 3.24. The van der Waals surface area contributed by atoms with Gasteiger partial charge in [0.25, 0.3) is 5.91 Å². The number of amides is 2. The molecule has 0 aliphatic carbocycles. The third-order valence-electron chi connectivity index (χ3n) is 2.52. The van der Waals surface area contributed by atoms with E-state index in [1.54, 1.807) is 18.2 Å². The van der Waals surface area contributed by atoms with E-state index in [1.165, 1.54) is 0 Å². The first kappa shape index (κ1) is 14.5. The first-order valence-corrected chi connectivity index (χ1v) is 6.27. The molecule has 0 aliphatic heterocycles. The zero-order chi connectivity index (χ0) is 13.9. The van der Waals surface area contributed by atoms with Crippen LogP contribution in [0.15, 0.2) is 22.7 Å². The fraction of sp³-hybridized carbons (Fsp3) is 0.333. The monoisotopic (exact) mass is 313 g/mol. The van der Waals surface area contributed by atoms with Crippen LogP contribution in [0.2, 0.25) is 0 Å². The molecule has 2 amide bonds. The van der Waals surface area contributed by atoms with Gasteiger partial charge in [0.15, 0.2) is 0 Å². The van der Waals surface area contributed by atoms with E-state index < -0.39 is 11.9 Å². The van der Waals surface area contributed by atoms with Gasteiger partial charge in [-0.2, -0.15) is 0 Å². The number of halogens is 1. The molecular weight excluding hydrogens is 298 g/mol. The summed E-state index contributed by atoms with van der Waals surface area (Å²) < 4.78 is 0.635. The molecule has 98 valence electrons. The third-order valence-corrected chi connectivity index (χ3v) is 3.21. The van der Waals surface area contributed by atoms with Crippen LogP contribution in [-0.2, 0) is 4.79 Å². The number of carbonyl (C=O) groups excluding carboxylic acids is 2. The second kappa shape index (κ2) is 5.86. The van der Waals surface area contributed by atoms with Crippen LogP contribution >= 0.6 is 15.9 Å². The molecule has 1 unspecified atom stereocenters. The molecule has 0 aliphatic rings. The zero-order valence-corrected chi connectivity index (χ0v) is 11.8. The minimum Gasteiger partial charge on any atom is -0.398 e. The SMILES string of the molecule is CC(C)C(NC(=O)c1ccc(N)c(Br)c1)C(N)=O. The molecule has 1 rings (SSSR count). The second-order valence-electron chi connectivity index (χ2n) is 4.33. The van der Waals surface area contributed by atoms with Crippen LogP contribution < -0.4 is 16.8 Å². The van der Waals surface area contributed by atoms with Crippen LogP contribution in [0, 0.1) is 5.92 Å². The summed E-state index contributed by atoms with van der Waals surface area (Å²) in [6, 6.07) is 4.12. The molecule has 0 saturated heterocycles. The van der Waals surface area contributed by atoms with Gasteiger partial charge in [0.05, 0.1) is 0 Å². The highest BCUT2D eigenvalue weighted by Gasteiger charge is 2.22. The highest BCUT2D eigenvalue weighted by Crippen LogP contribution is 2.20. The molecule has 0 spiro atoms. The summed E-state index contributed by atoms with van der Waals surface area (Å²) in [6.07, 6.45) is 0. The summed E-state index contributed by atoms with van der Waals surface area (Å²) in [5, 5.41) is 2.60. The molecule has 5 N–H and O–H groups in total. The summed E-state index contributed by atoms with van der Waals surface area (Å²) in [5.74, 6) is -0.968. The quantitative estimate of drug-likeness (QED) is 0.730. The molecule has 0 bridgehead atoms. The van der Waals surface area contributed by atoms with Gasteiger partial charge in [0.2, 0.25) is 5.91 Å². The topological polar surface area (TPSA) is 98.2 Å². The fourth-order valence-electron chi connectivity index (χ4n) is 1.46. The largest absolute Gasteiger partial charge is 0.398 e. The Morgan fingerprint density at radius 2 is 1.94 bits per heavy atom. The summed E-state index contributed by atoms with van der Waals surface area (Å²) in [6.45, 7) is 3.63. The van der Waals surface area contributed by atoms with Gasteiger partial charge in [-0.15, -0.1) is 0 Å². The molecule has 1 aromatic carbocycles. The minimum absolute atomic E-state index is 0.0660. The maximum atomic E-state index is 11.9. The van der Waals surface area contributed by atoms with Crippen LogP contribution in [0.5, 0.6) is 0 Å². The molecule has 1 atom stereocenters. The van der Waals surface area contributed by atoms with Crippen molar-refractivity contribution < 1.29 is 9.59 Å².